The number of aromatic nitrogens is 2. The SMILES string of the molecule is O=C(Nc1cn(Cc2cccc(C(F)F)c2)cn1)c1ccccc1CO. The van der Waals surface area contributed by atoms with Gasteiger partial charge in [0.2, 0.25) is 0 Å². The summed E-state index contributed by atoms with van der Waals surface area (Å²) in [5.41, 5.74) is 1.57. The molecule has 0 bridgehead atoms. The van der Waals surface area contributed by atoms with Crippen molar-refractivity contribution in [3.05, 3.63) is 83.3 Å². The molecule has 2 aromatic carbocycles. The van der Waals surface area contributed by atoms with Gasteiger partial charge >= 0.3 is 0 Å². The Morgan fingerprint density at radius 2 is 2.00 bits per heavy atom. The number of nitrogens with zero attached hydrogens (tertiary/aromatic N) is 2. The van der Waals surface area contributed by atoms with Crippen LogP contribution in [0.2, 0.25) is 0 Å². The van der Waals surface area contributed by atoms with E-state index < -0.39 is 6.43 Å². The van der Waals surface area contributed by atoms with E-state index in [0.29, 0.717) is 29.1 Å². The van der Waals surface area contributed by atoms with E-state index in [4.69, 9.17) is 0 Å². The fraction of sp³-hybridized carbons (Fsp3) is 0.158. The highest BCUT2D eigenvalue weighted by Crippen LogP contribution is 2.20. The first-order chi connectivity index (χ1) is 12.6. The summed E-state index contributed by atoms with van der Waals surface area (Å²) in [6.07, 6.45) is 0.621. The maximum atomic E-state index is 12.8. The zero-order valence-corrected chi connectivity index (χ0v) is 13.8. The number of rotatable bonds is 6. The molecular formula is C19H17F2N3O2. The van der Waals surface area contributed by atoms with E-state index in [1.807, 2.05) is 0 Å². The topological polar surface area (TPSA) is 67.2 Å². The van der Waals surface area contributed by atoms with Gasteiger partial charge in [-0.3, -0.25) is 4.79 Å². The molecule has 1 aromatic heterocycles. The second-order valence-electron chi connectivity index (χ2n) is 5.75. The summed E-state index contributed by atoms with van der Waals surface area (Å²) in [6, 6.07) is 12.9. The van der Waals surface area contributed by atoms with Crippen molar-refractivity contribution in [2.45, 2.75) is 19.6 Å². The molecule has 0 aliphatic rings. The van der Waals surface area contributed by atoms with Crippen molar-refractivity contribution in [1.29, 1.82) is 0 Å². The number of hydrogen-bond donors (Lipinski definition) is 2. The minimum absolute atomic E-state index is 0.0308. The molecule has 134 valence electrons. The number of benzene rings is 2. The lowest BCUT2D eigenvalue weighted by molar-refractivity contribution is 0.102. The van der Waals surface area contributed by atoms with Crippen molar-refractivity contribution in [2.75, 3.05) is 5.32 Å². The Balaban J connectivity index is 1.70. The van der Waals surface area contributed by atoms with Crippen LogP contribution in [-0.2, 0) is 13.2 Å². The van der Waals surface area contributed by atoms with Crippen LogP contribution < -0.4 is 5.32 Å². The molecular weight excluding hydrogens is 340 g/mol. The molecule has 0 atom stereocenters. The van der Waals surface area contributed by atoms with Crippen LogP contribution in [0.1, 0.15) is 33.5 Å². The fourth-order valence-corrected chi connectivity index (χ4v) is 2.61. The van der Waals surface area contributed by atoms with E-state index in [-0.39, 0.29) is 18.1 Å². The average molecular weight is 357 g/mol. The molecule has 0 saturated heterocycles. The van der Waals surface area contributed by atoms with E-state index >= 15 is 0 Å². The second-order valence-corrected chi connectivity index (χ2v) is 5.75. The molecule has 0 radical (unpaired) electrons. The quantitative estimate of drug-likeness (QED) is 0.708. The molecule has 2 N–H and O–H groups in total. The van der Waals surface area contributed by atoms with Crippen molar-refractivity contribution >= 4 is 11.7 Å². The second kappa shape index (κ2) is 7.88. The molecule has 26 heavy (non-hydrogen) atoms. The molecule has 0 spiro atoms. The maximum absolute atomic E-state index is 12.8. The number of imidazole rings is 1. The Hall–Kier alpha value is -3.06. The number of hydrogen-bond acceptors (Lipinski definition) is 3. The number of alkyl halides is 2. The minimum atomic E-state index is -2.51. The Kier molecular flexibility index (Phi) is 5.38. The molecule has 0 unspecified atom stereocenters. The van der Waals surface area contributed by atoms with Gasteiger partial charge < -0.3 is 15.0 Å². The summed E-state index contributed by atoms with van der Waals surface area (Å²) in [5, 5.41) is 12.0. The fourth-order valence-electron chi connectivity index (χ4n) is 2.61. The molecule has 1 heterocycles. The molecule has 3 aromatic rings. The molecule has 3 rings (SSSR count). The largest absolute Gasteiger partial charge is 0.392 e. The van der Waals surface area contributed by atoms with Crippen LogP contribution in [0.4, 0.5) is 14.6 Å². The zero-order valence-electron chi connectivity index (χ0n) is 13.8. The Morgan fingerprint density at radius 3 is 2.77 bits per heavy atom. The Labute approximate surface area is 148 Å². The molecule has 0 aliphatic heterocycles. The van der Waals surface area contributed by atoms with E-state index in [1.165, 1.54) is 18.5 Å². The van der Waals surface area contributed by atoms with E-state index in [0.717, 1.165) is 0 Å². The van der Waals surface area contributed by atoms with Crippen LogP contribution in [0, 0.1) is 0 Å². The summed E-state index contributed by atoms with van der Waals surface area (Å²) < 4.78 is 27.2. The first-order valence-electron chi connectivity index (χ1n) is 7.95. The van der Waals surface area contributed by atoms with Gasteiger partial charge in [0.25, 0.3) is 12.3 Å². The minimum Gasteiger partial charge on any atom is -0.392 e. The van der Waals surface area contributed by atoms with E-state index in [9.17, 15) is 18.7 Å². The number of amides is 1. The predicted molar refractivity (Wildman–Crippen MR) is 93.0 cm³/mol. The molecule has 0 aliphatic carbocycles. The van der Waals surface area contributed by atoms with Gasteiger partial charge in [0.1, 0.15) is 0 Å². The lowest BCUT2D eigenvalue weighted by atomic mass is 10.1. The normalized spacial score (nSPS) is 10.9. The smallest absolute Gasteiger partial charge is 0.263 e. The summed E-state index contributed by atoms with van der Waals surface area (Å²) >= 11 is 0. The summed E-state index contributed by atoms with van der Waals surface area (Å²) in [6.45, 7) is 0.120. The number of aliphatic hydroxyl groups excluding tert-OH is 1. The van der Waals surface area contributed by atoms with Crippen LogP contribution in [0.25, 0.3) is 0 Å². The van der Waals surface area contributed by atoms with E-state index in [1.54, 1.807) is 47.2 Å². The molecule has 0 saturated carbocycles. The third-order valence-electron chi connectivity index (χ3n) is 3.88. The van der Waals surface area contributed by atoms with Gasteiger partial charge in [-0.1, -0.05) is 36.4 Å². The maximum Gasteiger partial charge on any atom is 0.263 e. The Morgan fingerprint density at radius 1 is 1.19 bits per heavy atom. The standard InChI is InChI=1S/C19H17F2N3O2/c20-18(21)14-6-3-4-13(8-14)9-24-10-17(22-12-24)23-19(26)16-7-2-1-5-15(16)11-25/h1-8,10,12,18,25H,9,11H2,(H,23,26). The van der Waals surface area contributed by atoms with Crippen molar-refractivity contribution in [1.82, 2.24) is 9.55 Å². The lowest BCUT2D eigenvalue weighted by Gasteiger charge is -2.07. The Bertz CT molecular complexity index is 909. The molecule has 1 amide bonds. The van der Waals surface area contributed by atoms with Gasteiger partial charge in [0.15, 0.2) is 5.82 Å². The van der Waals surface area contributed by atoms with Crippen LogP contribution in [-0.4, -0.2) is 20.6 Å². The first-order valence-corrected chi connectivity index (χ1v) is 7.95. The van der Waals surface area contributed by atoms with Gasteiger partial charge in [0, 0.05) is 23.9 Å². The van der Waals surface area contributed by atoms with E-state index in [2.05, 4.69) is 10.3 Å². The zero-order chi connectivity index (χ0) is 18.5. The molecule has 7 heteroatoms. The van der Waals surface area contributed by atoms with Crippen LogP contribution in [0.15, 0.2) is 61.1 Å². The van der Waals surface area contributed by atoms with Crippen LogP contribution in [0.3, 0.4) is 0 Å². The summed E-state index contributed by atoms with van der Waals surface area (Å²) in [4.78, 5) is 16.4. The highest BCUT2D eigenvalue weighted by Gasteiger charge is 2.12. The lowest BCUT2D eigenvalue weighted by Crippen LogP contribution is -2.14. The molecule has 0 fully saturated rings. The average Bonchev–Trinajstić information content (AvgIpc) is 3.08. The highest BCUT2D eigenvalue weighted by molar-refractivity contribution is 6.04. The number of halogens is 2. The molecule has 5 nitrogen and oxygen atoms in total. The van der Waals surface area contributed by atoms with Crippen LogP contribution in [0.5, 0.6) is 0 Å². The number of carbonyl (C=O) groups excluding carboxylic acids is 1. The van der Waals surface area contributed by atoms with Crippen molar-refractivity contribution in [2.24, 2.45) is 0 Å². The monoisotopic (exact) mass is 357 g/mol. The third-order valence-corrected chi connectivity index (χ3v) is 3.88. The number of nitrogens with one attached hydrogen (secondary N) is 1. The van der Waals surface area contributed by atoms with Gasteiger partial charge in [0.05, 0.1) is 12.9 Å². The summed E-state index contributed by atoms with van der Waals surface area (Å²) in [5.74, 6) is -0.0349. The van der Waals surface area contributed by atoms with Crippen molar-refractivity contribution in [3.8, 4) is 0 Å². The highest BCUT2D eigenvalue weighted by atomic mass is 19.3. The third kappa shape index (κ3) is 4.12. The van der Waals surface area contributed by atoms with Gasteiger partial charge in [-0.25, -0.2) is 13.8 Å². The van der Waals surface area contributed by atoms with Gasteiger partial charge in [-0.05, 0) is 23.3 Å². The van der Waals surface area contributed by atoms with Gasteiger partial charge in [-0.15, -0.1) is 0 Å². The number of anilines is 1. The predicted octanol–water partition coefficient (Wildman–Crippen LogP) is 3.61. The number of aliphatic hydroxyl groups is 1. The number of carbonyl (C=O) groups is 1. The van der Waals surface area contributed by atoms with Gasteiger partial charge in [-0.2, -0.15) is 0 Å². The van der Waals surface area contributed by atoms with Crippen molar-refractivity contribution < 1.29 is 18.7 Å². The van der Waals surface area contributed by atoms with Crippen LogP contribution >= 0.6 is 0 Å². The summed E-state index contributed by atoms with van der Waals surface area (Å²) in [7, 11) is 0. The van der Waals surface area contributed by atoms with Crippen molar-refractivity contribution in [3.63, 3.8) is 0 Å². The first kappa shape index (κ1) is 17.8.